The fraction of sp³-hybridized carbons (Fsp3) is 0.273. The van der Waals surface area contributed by atoms with Gasteiger partial charge in [-0.2, -0.15) is 0 Å². The summed E-state index contributed by atoms with van der Waals surface area (Å²) in [7, 11) is 0. The van der Waals surface area contributed by atoms with E-state index in [9.17, 15) is 19.2 Å². The normalized spacial score (nSPS) is 14.6. The number of carbonyl (C=O) groups excluding carboxylic acids is 8. The highest BCUT2D eigenvalue weighted by Crippen LogP contribution is 2.55. The molecule has 2 aromatic heterocycles. The van der Waals surface area contributed by atoms with E-state index in [0.29, 0.717) is 75.2 Å². The quantitative estimate of drug-likeness (QED) is 0.107. The molecule has 0 radical (unpaired) electrons. The number of carbonyl (C=O) groups is 8. The van der Waals surface area contributed by atoms with E-state index in [1.54, 1.807) is 12.1 Å². The molecule has 0 unspecified atom stereocenters. The highest BCUT2D eigenvalue weighted by molar-refractivity contribution is 9.11. The van der Waals surface area contributed by atoms with E-state index in [4.69, 9.17) is 8.83 Å². The Morgan fingerprint density at radius 1 is 0.260 bits per heavy atom. The third-order valence-corrected chi connectivity index (χ3v) is 22.6. The summed E-state index contributed by atoms with van der Waals surface area (Å²) < 4.78 is 14.2. The summed E-state index contributed by atoms with van der Waals surface area (Å²) >= 11 is 7.26. The Balaban J connectivity index is 0.000000172. The molecule has 0 bridgehead atoms. The summed E-state index contributed by atoms with van der Waals surface area (Å²) in [6.45, 7) is 32.7. The van der Waals surface area contributed by atoms with Gasteiger partial charge >= 0.3 is 0 Å². The number of para-hydroxylation sites is 6. The molecule has 10 aromatic carbocycles. The SMILES string of the molecule is CC(C)c1cccc(C(C)C)c1N1C(=O)c2c3oc4ccccc4c3c3c4c(c5oc6ccccc6c5c(c24)C1=O)C(=O)N(c1c(C(C)C)cccc1C(C)C)C3=O.CC(C)c1cccc(C(C)C)c1N1C(=O)c2cc(Br)c3c4c(cc(Br)c(c24)C1=O)C(=O)N(c1c(C(C)C)cccc1C(C)C)C3=O. The van der Waals surface area contributed by atoms with Crippen LogP contribution in [0, 0.1) is 0 Å². The van der Waals surface area contributed by atoms with Gasteiger partial charge in [-0.05, 0) is 148 Å². The Bertz CT molecular complexity index is 5440. The minimum Gasteiger partial charge on any atom is -0.455 e. The highest BCUT2D eigenvalue weighted by Gasteiger charge is 2.50. The molecule has 0 spiro atoms. The number of amides is 8. The van der Waals surface area contributed by atoms with E-state index >= 15 is 19.2 Å². The van der Waals surface area contributed by atoms with E-state index in [1.807, 2.05) is 232 Å². The monoisotopic (exact) mass is 1510 g/mol. The van der Waals surface area contributed by atoms with E-state index < -0.39 is 47.3 Å². The molecule has 524 valence electrons. The zero-order chi connectivity index (χ0) is 74.1. The number of fused-ring (bicyclic) bond motifs is 10. The van der Waals surface area contributed by atoms with Crippen molar-refractivity contribution >= 4 is 167 Å². The largest absolute Gasteiger partial charge is 0.455 e. The second-order valence-corrected chi connectivity index (χ2v) is 32.0. The average Bonchev–Trinajstić information content (AvgIpc) is 1.27. The predicted octanol–water partition coefficient (Wildman–Crippen LogP) is 23.2. The molecule has 0 saturated carbocycles. The third kappa shape index (κ3) is 9.96. The molecule has 0 fully saturated rings. The maximum atomic E-state index is 15.7. The summed E-state index contributed by atoms with van der Waals surface area (Å²) in [6, 6.07) is 41.6. The summed E-state index contributed by atoms with van der Waals surface area (Å²) in [5.74, 6) is -4.13. The van der Waals surface area contributed by atoms with Crippen LogP contribution in [0.1, 0.15) is 285 Å². The number of furan rings is 2. The number of imide groups is 4. The maximum Gasteiger partial charge on any atom is 0.269 e. The lowest BCUT2D eigenvalue weighted by molar-refractivity contribution is 0.0871. The smallest absolute Gasteiger partial charge is 0.269 e. The summed E-state index contributed by atoms with van der Waals surface area (Å²) in [6.07, 6.45) is 0. The van der Waals surface area contributed by atoms with Crippen molar-refractivity contribution < 1.29 is 47.2 Å². The average molecular weight is 1510 g/mol. The number of benzene rings is 10. The van der Waals surface area contributed by atoms with Crippen LogP contribution in [0.25, 0.3) is 65.4 Å². The van der Waals surface area contributed by atoms with Gasteiger partial charge in [0.2, 0.25) is 0 Å². The van der Waals surface area contributed by atoms with Gasteiger partial charge in [-0.15, -0.1) is 0 Å². The van der Waals surface area contributed by atoms with E-state index in [2.05, 4.69) is 31.9 Å². The molecule has 4 aliphatic heterocycles. The van der Waals surface area contributed by atoms with Gasteiger partial charge in [-0.1, -0.05) is 220 Å². The lowest BCUT2D eigenvalue weighted by atomic mass is 9.80. The van der Waals surface area contributed by atoms with Gasteiger partial charge in [0, 0.05) is 52.0 Å². The Morgan fingerprint density at radius 3 is 0.750 bits per heavy atom. The van der Waals surface area contributed by atoms with Crippen LogP contribution < -0.4 is 19.6 Å². The third-order valence-electron chi connectivity index (χ3n) is 21.3. The van der Waals surface area contributed by atoms with Crippen molar-refractivity contribution in [3.8, 4) is 0 Å². The zero-order valence-electron chi connectivity index (χ0n) is 60.9. The van der Waals surface area contributed by atoms with Crippen molar-refractivity contribution in [1.29, 1.82) is 0 Å². The molecule has 0 saturated heterocycles. The number of anilines is 4. The Morgan fingerprint density at radius 2 is 0.490 bits per heavy atom. The van der Waals surface area contributed by atoms with E-state index in [0.717, 1.165) is 44.5 Å². The summed E-state index contributed by atoms with van der Waals surface area (Å²) in [5, 5.41) is 3.19. The van der Waals surface area contributed by atoms with Crippen molar-refractivity contribution in [3.05, 3.63) is 231 Å². The molecule has 0 N–H and O–H groups in total. The van der Waals surface area contributed by atoms with Crippen LogP contribution in [0.3, 0.4) is 0 Å². The van der Waals surface area contributed by atoms with Crippen molar-refractivity contribution in [1.82, 2.24) is 0 Å². The number of hydrogen-bond acceptors (Lipinski definition) is 10. The first-order chi connectivity index (χ1) is 49.5. The summed E-state index contributed by atoms with van der Waals surface area (Å²) in [5.41, 5.74) is 12.3. The van der Waals surface area contributed by atoms with Crippen LogP contribution in [-0.4, -0.2) is 47.3 Å². The molecular weight excluding hydrogens is 1430 g/mol. The van der Waals surface area contributed by atoms with Gasteiger partial charge in [-0.3, -0.25) is 38.4 Å². The van der Waals surface area contributed by atoms with Gasteiger partial charge in [0.05, 0.1) is 67.3 Å². The standard InChI is InChI=1S/C50H42N2O6.C38H36Br2N2O4/c1-23(2)27-17-13-18-28(24(3)4)43(27)51-47(53)39-35-31-15-9-11-21-33(31)58-46(35)42-38-37(39)41(49(51)55)45-36(32-16-10-12-22-34(32)57-45)40(38)48(54)52(50(42)56)44-29(25(5)6)19-14-20-30(44)26(7)8;1-17(2)21-11-9-12-22(18(3)4)33(21)41-35(43)25-15-28(40)32-30-26(16-27(39)31(29(25)30)37(41)45)36(44)42(38(32)46)34-23(19(5)6)13-10-14-24(34)20(7)8/h9-26H,1-8H3;9-20H,1-8H3. The molecule has 14 nitrogen and oxygen atoms in total. The Labute approximate surface area is 619 Å². The minimum absolute atomic E-state index is 0.0299. The molecule has 4 aliphatic rings. The molecule has 0 atom stereocenters. The van der Waals surface area contributed by atoms with Crippen LogP contribution in [-0.2, 0) is 0 Å². The molecule has 0 aliphatic carbocycles. The number of hydrogen-bond donors (Lipinski definition) is 0. The van der Waals surface area contributed by atoms with Gasteiger partial charge in [0.1, 0.15) is 22.3 Å². The first-order valence-corrected chi connectivity index (χ1v) is 37.4. The van der Waals surface area contributed by atoms with Gasteiger partial charge in [0.25, 0.3) is 47.3 Å². The second-order valence-electron chi connectivity index (χ2n) is 30.3. The zero-order valence-corrected chi connectivity index (χ0v) is 64.1. The first-order valence-electron chi connectivity index (χ1n) is 35.8. The van der Waals surface area contributed by atoms with Crippen molar-refractivity contribution in [3.63, 3.8) is 0 Å². The van der Waals surface area contributed by atoms with Crippen molar-refractivity contribution in [2.24, 2.45) is 0 Å². The number of halogens is 2. The molecule has 16 heteroatoms. The number of nitrogens with zero attached hydrogens (tertiary/aromatic N) is 4. The molecule has 6 heterocycles. The molecule has 16 rings (SSSR count). The maximum absolute atomic E-state index is 15.7. The van der Waals surface area contributed by atoms with Crippen LogP contribution in [0.2, 0.25) is 0 Å². The van der Waals surface area contributed by atoms with E-state index in [1.165, 1.54) is 19.6 Å². The second kappa shape index (κ2) is 25.3. The fourth-order valence-corrected chi connectivity index (χ4v) is 17.7. The van der Waals surface area contributed by atoms with Crippen LogP contribution in [0.4, 0.5) is 22.7 Å². The van der Waals surface area contributed by atoms with Gasteiger partial charge in [0.15, 0.2) is 0 Å². The van der Waals surface area contributed by atoms with Crippen LogP contribution in [0.5, 0.6) is 0 Å². The first kappa shape index (κ1) is 69.6. The lowest BCUT2D eigenvalue weighted by Crippen LogP contribution is -2.45. The fourth-order valence-electron chi connectivity index (χ4n) is 16.5. The summed E-state index contributed by atoms with van der Waals surface area (Å²) in [4.78, 5) is 126. The lowest BCUT2D eigenvalue weighted by Gasteiger charge is -2.36. The van der Waals surface area contributed by atoms with Crippen LogP contribution in [0.15, 0.2) is 151 Å². The topological polar surface area (TPSA) is 176 Å². The molecular formula is C88H78Br2N4O10. The van der Waals surface area contributed by atoms with Gasteiger partial charge in [-0.25, -0.2) is 19.6 Å². The van der Waals surface area contributed by atoms with E-state index in [-0.39, 0.29) is 114 Å². The van der Waals surface area contributed by atoms with Crippen LogP contribution >= 0.6 is 31.9 Å². The molecule has 8 amide bonds. The molecule has 12 aromatic rings. The highest BCUT2D eigenvalue weighted by atomic mass is 79.9. The Kier molecular flexibility index (Phi) is 16.9. The van der Waals surface area contributed by atoms with Crippen molar-refractivity contribution in [2.45, 2.75) is 158 Å². The number of rotatable bonds is 12. The Hall–Kier alpha value is -10.2. The molecule has 104 heavy (non-hydrogen) atoms. The minimum atomic E-state index is -0.573. The predicted molar refractivity (Wildman–Crippen MR) is 421 cm³/mol. The van der Waals surface area contributed by atoms with Crippen molar-refractivity contribution in [2.75, 3.05) is 19.6 Å². The van der Waals surface area contributed by atoms with Gasteiger partial charge < -0.3 is 8.83 Å².